The molecule has 3 rings (SSSR count). The molecule has 2 amide bonds. The molecule has 0 saturated carbocycles. The molecule has 0 heterocycles. The maximum absolute atomic E-state index is 13.9. The van der Waals surface area contributed by atoms with Gasteiger partial charge >= 0.3 is 0 Å². The molecule has 1 atom stereocenters. The zero-order valence-corrected chi connectivity index (χ0v) is 23.6. The summed E-state index contributed by atoms with van der Waals surface area (Å²) in [7, 11) is -2.54. The normalized spacial score (nSPS) is 12.0. The molecule has 1 N–H and O–H groups in total. The standard InChI is InChI=1S/C30H37N3O4S/c1-6-27(30(35)31-5)32(19-18-25-10-8-7-9-11-25)29(34)21-33(28-17-14-23(3)20-24(28)4)38(36,37)26-15-12-22(2)13-16-26/h7-17,20,27H,6,18-19,21H2,1-5H3,(H,31,35)/t27-/m1/s1. The third-order valence-corrected chi connectivity index (χ3v) is 8.40. The Bertz CT molecular complexity index is 1360. The number of hydrogen-bond donors (Lipinski definition) is 1. The monoisotopic (exact) mass is 535 g/mol. The molecule has 0 fully saturated rings. The predicted octanol–water partition coefficient (Wildman–Crippen LogP) is 4.40. The molecule has 202 valence electrons. The van der Waals surface area contributed by atoms with Gasteiger partial charge in [0.15, 0.2) is 0 Å². The molecule has 38 heavy (non-hydrogen) atoms. The van der Waals surface area contributed by atoms with E-state index >= 15 is 0 Å². The topological polar surface area (TPSA) is 86.8 Å². The Balaban J connectivity index is 2.04. The number of carbonyl (C=O) groups is 2. The number of nitrogens with one attached hydrogen (secondary N) is 1. The van der Waals surface area contributed by atoms with Gasteiger partial charge in [-0.15, -0.1) is 0 Å². The highest BCUT2D eigenvalue weighted by atomic mass is 32.2. The second kappa shape index (κ2) is 12.7. The Kier molecular flexibility index (Phi) is 9.69. The lowest BCUT2D eigenvalue weighted by Crippen LogP contribution is -2.52. The van der Waals surface area contributed by atoms with Crippen molar-refractivity contribution in [3.05, 3.63) is 95.1 Å². The quantitative estimate of drug-likeness (QED) is 0.394. The molecule has 3 aromatic carbocycles. The minimum Gasteiger partial charge on any atom is -0.357 e. The minimum atomic E-state index is -4.07. The van der Waals surface area contributed by atoms with E-state index in [1.165, 1.54) is 16.3 Å². The van der Waals surface area contributed by atoms with Crippen LogP contribution in [0.4, 0.5) is 5.69 Å². The molecule has 0 unspecified atom stereocenters. The highest BCUT2D eigenvalue weighted by Crippen LogP contribution is 2.28. The van der Waals surface area contributed by atoms with Crippen molar-refractivity contribution < 1.29 is 18.0 Å². The zero-order valence-electron chi connectivity index (χ0n) is 22.8. The number of benzene rings is 3. The lowest BCUT2D eigenvalue weighted by atomic mass is 10.1. The van der Waals surface area contributed by atoms with Gasteiger partial charge in [-0.25, -0.2) is 8.42 Å². The Morgan fingerprint density at radius 3 is 2.11 bits per heavy atom. The number of sulfonamides is 1. The fourth-order valence-corrected chi connectivity index (χ4v) is 5.98. The van der Waals surface area contributed by atoms with Crippen molar-refractivity contribution in [1.29, 1.82) is 0 Å². The molecule has 0 aromatic heterocycles. The first-order valence-corrected chi connectivity index (χ1v) is 14.2. The third kappa shape index (κ3) is 6.81. The Labute approximate surface area is 226 Å². The van der Waals surface area contributed by atoms with Crippen molar-refractivity contribution in [2.75, 3.05) is 24.4 Å². The number of anilines is 1. The average molecular weight is 536 g/mol. The first-order valence-electron chi connectivity index (χ1n) is 12.8. The first kappa shape index (κ1) is 28.9. The molecular formula is C30H37N3O4S. The number of rotatable bonds is 11. The maximum Gasteiger partial charge on any atom is 0.264 e. The van der Waals surface area contributed by atoms with E-state index in [2.05, 4.69) is 5.32 Å². The number of hydrogen-bond acceptors (Lipinski definition) is 4. The predicted molar refractivity (Wildman–Crippen MR) is 152 cm³/mol. The molecule has 0 aliphatic heterocycles. The summed E-state index contributed by atoms with van der Waals surface area (Å²) in [6.07, 6.45) is 0.933. The van der Waals surface area contributed by atoms with E-state index in [-0.39, 0.29) is 17.3 Å². The van der Waals surface area contributed by atoms with Crippen LogP contribution in [0.2, 0.25) is 0 Å². The molecule has 3 aromatic rings. The SMILES string of the molecule is CC[C@H](C(=O)NC)N(CCc1ccccc1)C(=O)CN(c1ccc(C)cc1C)S(=O)(=O)c1ccc(C)cc1. The van der Waals surface area contributed by atoms with Gasteiger partial charge in [0.25, 0.3) is 10.0 Å². The smallest absolute Gasteiger partial charge is 0.264 e. The molecule has 0 spiro atoms. The van der Waals surface area contributed by atoms with E-state index in [0.717, 1.165) is 22.3 Å². The molecule has 0 saturated heterocycles. The van der Waals surface area contributed by atoms with E-state index in [4.69, 9.17) is 0 Å². The summed E-state index contributed by atoms with van der Waals surface area (Å²) >= 11 is 0. The van der Waals surface area contributed by atoms with Crippen LogP contribution in [0.1, 0.15) is 35.6 Å². The third-order valence-electron chi connectivity index (χ3n) is 6.63. The van der Waals surface area contributed by atoms with Crippen LogP contribution in [0.5, 0.6) is 0 Å². The van der Waals surface area contributed by atoms with Crippen molar-refractivity contribution in [1.82, 2.24) is 10.2 Å². The van der Waals surface area contributed by atoms with Crippen LogP contribution in [-0.4, -0.2) is 51.3 Å². The van der Waals surface area contributed by atoms with Crippen molar-refractivity contribution in [2.24, 2.45) is 0 Å². The molecule has 0 aliphatic carbocycles. The van der Waals surface area contributed by atoms with Crippen LogP contribution >= 0.6 is 0 Å². The van der Waals surface area contributed by atoms with Crippen molar-refractivity contribution in [2.45, 2.75) is 51.5 Å². The summed E-state index contributed by atoms with van der Waals surface area (Å²) in [5, 5.41) is 2.65. The summed E-state index contributed by atoms with van der Waals surface area (Å²) in [6.45, 7) is 7.34. The summed E-state index contributed by atoms with van der Waals surface area (Å²) in [4.78, 5) is 28.3. The van der Waals surface area contributed by atoms with E-state index in [9.17, 15) is 18.0 Å². The number of aryl methyl sites for hydroxylation is 3. The summed E-state index contributed by atoms with van der Waals surface area (Å²) < 4.78 is 29.0. The first-order chi connectivity index (χ1) is 18.1. The van der Waals surface area contributed by atoms with Crippen LogP contribution in [0, 0.1) is 20.8 Å². The van der Waals surface area contributed by atoms with Crippen LogP contribution in [0.25, 0.3) is 0 Å². The fourth-order valence-electron chi connectivity index (χ4n) is 4.50. The van der Waals surface area contributed by atoms with E-state index in [0.29, 0.717) is 18.5 Å². The van der Waals surface area contributed by atoms with E-state index in [1.54, 1.807) is 30.3 Å². The van der Waals surface area contributed by atoms with Gasteiger partial charge < -0.3 is 10.2 Å². The van der Waals surface area contributed by atoms with Crippen LogP contribution in [0.15, 0.2) is 77.7 Å². The van der Waals surface area contributed by atoms with Gasteiger partial charge in [-0.1, -0.05) is 72.6 Å². The van der Waals surface area contributed by atoms with Crippen LogP contribution in [-0.2, 0) is 26.0 Å². The molecular weight excluding hydrogens is 498 g/mol. The Morgan fingerprint density at radius 1 is 0.895 bits per heavy atom. The fraction of sp³-hybridized carbons (Fsp3) is 0.333. The number of amides is 2. The second-order valence-corrected chi connectivity index (χ2v) is 11.3. The highest BCUT2D eigenvalue weighted by molar-refractivity contribution is 7.92. The Morgan fingerprint density at radius 2 is 1.53 bits per heavy atom. The lowest BCUT2D eigenvalue weighted by Gasteiger charge is -2.33. The van der Waals surface area contributed by atoms with Crippen molar-refractivity contribution in [3.63, 3.8) is 0 Å². The van der Waals surface area contributed by atoms with Gasteiger partial charge in [0.2, 0.25) is 11.8 Å². The van der Waals surface area contributed by atoms with E-state index < -0.39 is 28.5 Å². The molecule has 8 heteroatoms. The number of likely N-dealkylation sites (N-methyl/N-ethyl adjacent to an activating group) is 1. The largest absolute Gasteiger partial charge is 0.357 e. The van der Waals surface area contributed by atoms with Crippen LogP contribution in [0.3, 0.4) is 0 Å². The minimum absolute atomic E-state index is 0.102. The van der Waals surface area contributed by atoms with Gasteiger partial charge in [-0.3, -0.25) is 13.9 Å². The van der Waals surface area contributed by atoms with Gasteiger partial charge in [0.1, 0.15) is 12.6 Å². The second-order valence-electron chi connectivity index (χ2n) is 9.48. The molecule has 0 bridgehead atoms. The van der Waals surface area contributed by atoms with Crippen molar-refractivity contribution in [3.8, 4) is 0 Å². The number of carbonyl (C=O) groups excluding carboxylic acids is 2. The number of nitrogens with zero attached hydrogens (tertiary/aromatic N) is 2. The van der Waals surface area contributed by atoms with Gasteiger partial charge in [-0.2, -0.15) is 0 Å². The van der Waals surface area contributed by atoms with Gasteiger partial charge in [0, 0.05) is 13.6 Å². The molecule has 0 radical (unpaired) electrons. The maximum atomic E-state index is 13.9. The lowest BCUT2D eigenvalue weighted by molar-refractivity contribution is -0.139. The van der Waals surface area contributed by atoms with Crippen molar-refractivity contribution >= 4 is 27.5 Å². The zero-order chi connectivity index (χ0) is 27.9. The summed E-state index contributed by atoms with van der Waals surface area (Å²) in [5.41, 5.74) is 4.11. The highest BCUT2D eigenvalue weighted by Gasteiger charge is 2.33. The molecule has 7 nitrogen and oxygen atoms in total. The average Bonchev–Trinajstić information content (AvgIpc) is 2.90. The summed E-state index contributed by atoms with van der Waals surface area (Å²) in [5.74, 6) is -0.722. The van der Waals surface area contributed by atoms with Gasteiger partial charge in [0.05, 0.1) is 10.6 Å². The van der Waals surface area contributed by atoms with Crippen LogP contribution < -0.4 is 9.62 Å². The van der Waals surface area contributed by atoms with Gasteiger partial charge in [-0.05, 0) is 62.9 Å². The summed E-state index contributed by atoms with van der Waals surface area (Å²) in [6, 6.07) is 21.0. The van der Waals surface area contributed by atoms with E-state index in [1.807, 2.05) is 70.2 Å². The Hall–Kier alpha value is -3.65. The molecule has 0 aliphatic rings.